The van der Waals surface area contributed by atoms with Gasteiger partial charge in [-0.1, -0.05) is 48.5 Å². The third-order valence-electron chi connectivity index (χ3n) is 2.91. The Labute approximate surface area is 99.8 Å². The van der Waals surface area contributed by atoms with Gasteiger partial charge in [0.1, 0.15) is 5.75 Å². The van der Waals surface area contributed by atoms with Crippen molar-refractivity contribution in [3.05, 3.63) is 54.6 Å². The van der Waals surface area contributed by atoms with E-state index in [0.29, 0.717) is 5.75 Å². The third kappa shape index (κ3) is 1.65. The van der Waals surface area contributed by atoms with Gasteiger partial charge in [-0.05, 0) is 22.2 Å². The lowest BCUT2D eigenvalue weighted by Gasteiger charge is -2.09. The topological polar surface area (TPSA) is 29.5 Å². The highest BCUT2D eigenvalue weighted by Crippen LogP contribution is 2.32. The van der Waals surface area contributed by atoms with Gasteiger partial charge in [0.05, 0.1) is 0 Å². The molecule has 1 N–H and O–H groups in total. The highest BCUT2D eigenvalue weighted by atomic mass is 16.5. The first-order valence-electron chi connectivity index (χ1n) is 5.43. The van der Waals surface area contributed by atoms with E-state index in [1.54, 1.807) is 0 Å². The van der Waals surface area contributed by atoms with Gasteiger partial charge in [-0.25, -0.2) is 0 Å². The van der Waals surface area contributed by atoms with Crippen molar-refractivity contribution in [3.8, 4) is 5.75 Å². The van der Waals surface area contributed by atoms with Crippen LogP contribution in [-0.2, 0) is 0 Å². The summed E-state index contributed by atoms with van der Waals surface area (Å²) in [6.45, 7) is 0. The van der Waals surface area contributed by atoms with Crippen LogP contribution >= 0.6 is 0 Å². The van der Waals surface area contributed by atoms with Gasteiger partial charge in [-0.3, -0.25) is 0 Å². The molecular formula is C14H10BO2. The van der Waals surface area contributed by atoms with Crippen LogP contribution in [0.5, 0.6) is 5.75 Å². The largest absolute Gasteiger partial charge is 0.569 e. The first-order chi connectivity index (χ1) is 8.40. The van der Waals surface area contributed by atoms with Crippen LogP contribution in [0.2, 0.25) is 0 Å². The van der Waals surface area contributed by atoms with E-state index >= 15 is 0 Å². The van der Waals surface area contributed by atoms with Gasteiger partial charge < -0.3 is 9.68 Å². The standard InChI is InChI=1S/C14H10BO2/c16-15-17-13-7-3-5-11-9-8-10-4-1-2-6-12(10)14(11)13/h1-9,16H. The molecule has 0 aliphatic carbocycles. The maximum atomic E-state index is 8.80. The Balaban J connectivity index is 2.45. The second-order valence-corrected chi connectivity index (χ2v) is 3.86. The summed E-state index contributed by atoms with van der Waals surface area (Å²) in [5.41, 5.74) is 0. The molecule has 0 saturated heterocycles. The lowest BCUT2D eigenvalue weighted by molar-refractivity contribution is 0.457. The molecule has 3 heteroatoms. The van der Waals surface area contributed by atoms with Crippen LogP contribution < -0.4 is 4.65 Å². The highest BCUT2D eigenvalue weighted by molar-refractivity contribution is 6.19. The molecule has 81 valence electrons. The van der Waals surface area contributed by atoms with Crippen LogP contribution in [0.1, 0.15) is 0 Å². The van der Waals surface area contributed by atoms with E-state index in [1.165, 1.54) is 0 Å². The maximum absolute atomic E-state index is 8.80. The summed E-state index contributed by atoms with van der Waals surface area (Å²) in [6.07, 6.45) is 0. The minimum absolute atomic E-state index is 0.668. The van der Waals surface area contributed by atoms with Crippen molar-refractivity contribution in [3.63, 3.8) is 0 Å². The predicted octanol–water partition coefficient (Wildman–Crippen LogP) is 2.90. The molecule has 0 saturated carbocycles. The lowest BCUT2D eigenvalue weighted by atomic mass is 10.0. The van der Waals surface area contributed by atoms with E-state index in [9.17, 15) is 0 Å². The summed E-state index contributed by atoms with van der Waals surface area (Å²) >= 11 is 0. The summed E-state index contributed by atoms with van der Waals surface area (Å²) in [7, 11) is 0.719. The van der Waals surface area contributed by atoms with Crippen LogP contribution in [0.15, 0.2) is 54.6 Å². The second-order valence-electron chi connectivity index (χ2n) is 3.86. The van der Waals surface area contributed by atoms with Gasteiger partial charge in [0.15, 0.2) is 0 Å². The minimum atomic E-state index is 0.668. The quantitative estimate of drug-likeness (QED) is 0.532. The van der Waals surface area contributed by atoms with Gasteiger partial charge in [-0.2, -0.15) is 0 Å². The molecule has 0 fully saturated rings. The smallest absolute Gasteiger partial charge is 0.537 e. The fourth-order valence-electron chi connectivity index (χ4n) is 2.18. The zero-order valence-corrected chi connectivity index (χ0v) is 9.13. The maximum Gasteiger partial charge on any atom is 0.569 e. The van der Waals surface area contributed by atoms with Crippen molar-refractivity contribution in [1.82, 2.24) is 0 Å². The molecule has 3 aromatic carbocycles. The molecule has 3 rings (SSSR count). The number of hydrogen-bond acceptors (Lipinski definition) is 2. The van der Waals surface area contributed by atoms with Crippen molar-refractivity contribution in [2.75, 3.05) is 0 Å². The molecule has 0 aliphatic rings. The normalized spacial score (nSPS) is 10.6. The van der Waals surface area contributed by atoms with Crippen molar-refractivity contribution < 1.29 is 9.68 Å². The summed E-state index contributed by atoms with van der Waals surface area (Å²) in [6, 6.07) is 18.1. The van der Waals surface area contributed by atoms with Crippen molar-refractivity contribution in [1.29, 1.82) is 0 Å². The van der Waals surface area contributed by atoms with E-state index in [1.807, 2.05) is 30.3 Å². The molecule has 3 aromatic rings. The van der Waals surface area contributed by atoms with Gasteiger partial charge in [0, 0.05) is 5.39 Å². The molecule has 1 radical (unpaired) electrons. The first-order valence-corrected chi connectivity index (χ1v) is 5.43. The molecule has 0 aliphatic heterocycles. The molecular weight excluding hydrogens is 211 g/mol. The fraction of sp³-hybridized carbons (Fsp3) is 0. The van der Waals surface area contributed by atoms with Crippen LogP contribution in [0.3, 0.4) is 0 Å². The Kier molecular flexibility index (Phi) is 2.46. The Bertz CT molecular complexity index is 679. The zero-order chi connectivity index (χ0) is 11.7. The Morgan fingerprint density at radius 2 is 1.59 bits per heavy atom. The first kappa shape index (κ1) is 10.2. The van der Waals surface area contributed by atoms with Crippen molar-refractivity contribution in [2.24, 2.45) is 0 Å². The SMILES string of the molecule is O[B]Oc1cccc2ccc3ccccc3c12. The average Bonchev–Trinajstić information content (AvgIpc) is 2.39. The molecule has 0 bridgehead atoms. The van der Waals surface area contributed by atoms with Crippen molar-refractivity contribution in [2.45, 2.75) is 0 Å². The molecule has 17 heavy (non-hydrogen) atoms. The van der Waals surface area contributed by atoms with Crippen LogP contribution in [0.4, 0.5) is 0 Å². The summed E-state index contributed by atoms with van der Waals surface area (Å²) in [4.78, 5) is 0. The van der Waals surface area contributed by atoms with E-state index in [4.69, 9.17) is 9.68 Å². The van der Waals surface area contributed by atoms with Gasteiger partial charge in [-0.15, -0.1) is 0 Å². The van der Waals surface area contributed by atoms with Gasteiger partial charge >= 0.3 is 7.69 Å². The monoisotopic (exact) mass is 221 g/mol. The van der Waals surface area contributed by atoms with E-state index in [-0.39, 0.29) is 0 Å². The number of benzene rings is 3. The molecule has 0 unspecified atom stereocenters. The molecule has 0 amide bonds. The molecule has 2 nitrogen and oxygen atoms in total. The number of hydrogen-bond donors (Lipinski definition) is 1. The Morgan fingerprint density at radius 3 is 2.47 bits per heavy atom. The van der Waals surface area contributed by atoms with Crippen LogP contribution in [0, 0.1) is 0 Å². The number of fused-ring (bicyclic) bond motifs is 3. The fourth-order valence-corrected chi connectivity index (χ4v) is 2.18. The van der Waals surface area contributed by atoms with Crippen molar-refractivity contribution >= 4 is 29.2 Å². The zero-order valence-electron chi connectivity index (χ0n) is 9.13. The second kappa shape index (κ2) is 4.11. The predicted molar refractivity (Wildman–Crippen MR) is 70.1 cm³/mol. The Hall–Kier alpha value is -2.00. The molecule has 0 spiro atoms. The minimum Gasteiger partial charge on any atom is -0.537 e. The van der Waals surface area contributed by atoms with E-state index in [2.05, 4.69) is 24.3 Å². The summed E-state index contributed by atoms with van der Waals surface area (Å²) in [5.74, 6) is 0.668. The highest BCUT2D eigenvalue weighted by Gasteiger charge is 2.06. The van der Waals surface area contributed by atoms with Gasteiger partial charge in [0.2, 0.25) is 0 Å². The van der Waals surface area contributed by atoms with Gasteiger partial charge in [0.25, 0.3) is 0 Å². The molecule has 0 aromatic heterocycles. The lowest BCUT2D eigenvalue weighted by Crippen LogP contribution is -2.00. The summed E-state index contributed by atoms with van der Waals surface area (Å²) in [5, 5.41) is 13.2. The summed E-state index contributed by atoms with van der Waals surface area (Å²) < 4.78 is 5.16. The molecule has 0 heterocycles. The number of rotatable bonds is 2. The molecule has 0 atom stereocenters. The van der Waals surface area contributed by atoms with E-state index < -0.39 is 0 Å². The third-order valence-corrected chi connectivity index (χ3v) is 2.91. The average molecular weight is 221 g/mol. The van der Waals surface area contributed by atoms with Crippen LogP contribution in [-0.4, -0.2) is 12.7 Å². The Morgan fingerprint density at radius 1 is 0.824 bits per heavy atom. The van der Waals surface area contributed by atoms with E-state index in [0.717, 1.165) is 29.2 Å². The van der Waals surface area contributed by atoms with Crippen LogP contribution in [0.25, 0.3) is 21.5 Å².